The summed E-state index contributed by atoms with van der Waals surface area (Å²) in [6, 6.07) is 3.86. The van der Waals surface area contributed by atoms with Crippen molar-refractivity contribution in [3.63, 3.8) is 0 Å². The van der Waals surface area contributed by atoms with Gasteiger partial charge in [0.25, 0.3) is 5.69 Å². The summed E-state index contributed by atoms with van der Waals surface area (Å²) in [5.74, 6) is 0. The number of hydrogen-bond acceptors (Lipinski definition) is 6. The number of sulfone groups is 1. The maximum Gasteiger partial charge on any atom is 0.293 e. The molecular formula is C12H20IN3O4S. The van der Waals surface area contributed by atoms with Crippen LogP contribution in [0.3, 0.4) is 0 Å². The third-order valence-corrected chi connectivity index (χ3v) is 3.58. The largest absolute Gasteiger partial charge is 0.378 e. The first-order valence-corrected chi connectivity index (χ1v) is 10.0. The normalized spacial score (nSPS) is 10.8. The molecule has 0 fully saturated rings. The minimum Gasteiger partial charge on any atom is -0.378 e. The zero-order valence-corrected chi connectivity index (χ0v) is 15.4. The van der Waals surface area contributed by atoms with Crippen LogP contribution in [0, 0.1) is 10.1 Å². The van der Waals surface area contributed by atoms with Gasteiger partial charge in [-0.25, -0.2) is 8.42 Å². The molecule has 9 heteroatoms. The second-order valence-corrected chi connectivity index (χ2v) is 6.45. The Hall–Kier alpha value is -0.940. The van der Waals surface area contributed by atoms with Crippen LogP contribution in [-0.2, 0) is 9.84 Å². The molecule has 1 N–H and O–H groups in total. The fourth-order valence-corrected chi connectivity index (χ4v) is 2.10. The van der Waals surface area contributed by atoms with E-state index in [0.29, 0.717) is 18.8 Å². The van der Waals surface area contributed by atoms with Gasteiger partial charge in [-0.05, 0) is 31.2 Å². The third-order valence-electron chi connectivity index (χ3n) is 2.47. The van der Waals surface area contributed by atoms with E-state index in [1.54, 1.807) is 0 Å². The van der Waals surface area contributed by atoms with E-state index >= 15 is 0 Å². The lowest BCUT2D eigenvalue weighted by Gasteiger charge is -2.11. The quantitative estimate of drug-likeness (QED) is 0.322. The molecule has 0 bridgehead atoms. The van der Waals surface area contributed by atoms with Gasteiger partial charge >= 0.3 is 0 Å². The molecule has 0 saturated carbocycles. The van der Waals surface area contributed by atoms with Gasteiger partial charge < -0.3 is 10.2 Å². The second kappa shape index (κ2) is 9.15. The number of rotatable bonds is 6. The highest BCUT2D eigenvalue weighted by molar-refractivity contribution is 14.1. The van der Waals surface area contributed by atoms with Crippen LogP contribution in [0.25, 0.3) is 0 Å². The molecule has 0 heterocycles. The Morgan fingerprint density at radius 3 is 2.33 bits per heavy atom. The molecule has 0 aliphatic carbocycles. The Morgan fingerprint density at radius 1 is 1.33 bits per heavy atom. The van der Waals surface area contributed by atoms with Crippen LogP contribution < -0.4 is 5.32 Å². The van der Waals surface area contributed by atoms with E-state index in [4.69, 9.17) is 0 Å². The standard InChI is InChI=1S/C11H17N3O4S.CH3I/c1-13(2)7-6-12-10-5-4-9(19(3,17)18)8-11(10)14(15)16;1-2/h4-5,8,12H,6-7H2,1-3H3;1H3. The predicted octanol–water partition coefficient (Wildman–Crippen LogP) is 2.02. The van der Waals surface area contributed by atoms with Crippen LogP contribution in [-0.4, -0.2) is 56.6 Å². The number of anilines is 1. The minimum atomic E-state index is -3.45. The maximum atomic E-state index is 11.4. The first-order chi connectivity index (χ1) is 9.71. The smallest absolute Gasteiger partial charge is 0.293 e. The van der Waals surface area contributed by atoms with Gasteiger partial charge in [0.2, 0.25) is 0 Å². The van der Waals surface area contributed by atoms with E-state index in [-0.39, 0.29) is 10.6 Å². The zero-order chi connectivity index (χ0) is 16.6. The third kappa shape index (κ3) is 7.05. The molecule has 0 saturated heterocycles. The molecule has 0 aromatic heterocycles. The topological polar surface area (TPSA) is 92.6 Å². The average molecular weight is 429 g/mol. The van der Waals surface area contributed by atoms with Crippen molar-refractivity contribution in [3.05, 3.63) is 28.3 Å². The molecule has 0 atom stereocenters. The van der Waals surface area contributed by atoms with Gasteiger partial charge in [-0.15, -0.1) is 0 Å². The Bertz CT molecular complexity index is 576. The Morgan fingerprint density at radius 2 is 1.90 bits per heavy atom. The van der Waals surface area contributed by atoms with Crippen molar-refractivity contribution in [1.82, 2.24) is 4.90 Å². The number of likely N-dealkylation sites (N-methyl/N-ethyl adjacent to an activating group) is 1. The van der Waals surface area contributed by atoms with Crippen LogP contribution in [0.4, 0.5) is 11.4 Å². The lowest BCUT2D eigenvalue weighted by atomic mass is 10.2. The number of nitrogens with zero attached hydrogens (tertiary/aromatic N) is 2. The van der Waals surface area contributed by atoms with Gasteiger partial charge in [-0.3, -0.25) is 10.1 Å². The van der Waals surface area contributed by atoms with E-state index in [9.17, 15) is 18.5 Å². The minimum absolute atomic E-state index is 0.0580. The predicted molar refractivity (Wildman–Crippen MR) is 93.2 cm³/mol. The molecule has 0 spiro atoms. The average Bonchev–Trinajstić information content (AvgIpc) is 2.39. The Kier molecular flexibility index (Phi) is 8.74. The van der Waals surface area contributed by atoms with Gasteiger partial charge in [-0.1, -0.05) is 22.6 Å². The monoisotopic (exact) mass is 429 g/mol. The SMILES string of the molecule is CI.CN(C)CCNc1ccc(S(C)(=O)=O)cc1[N+](=O)[O-]. The maximum absolute atomic E-state index is 11.4. The fraction of sp³-hybridized carbons (Fsp3) is 0.500. The number of nitrogens with one attached hydrogen (secondary N) is 1. The van der Waals surface area contributed by atoms with Crippen molar-refractivity contribution in [2.24, 2.45) is 0 Å². The van der Waals surface area contributed by atoms with Crippen LogP contribution in [0.15, 0.2) is 23.1 Å². The molecule has 120 valence electrons. The molecule has 0 aliphatic heterocycles. The highest BCUT2D eigenvalue weighted by atomic mass is 127. The van der Waals surface area contributed by atoms with E-state index in [2.05, 4.69) is 27.9 Å². The molecule has 0 unspecified atom stereocenters. The summed E-state index contributed by atoms with van der Waals surface area (Å²) >= 11 is 2.15. The fourth-order valence-electron chi connectivity index (χ4n) is 1.46. The summed E-state index contributed by atoms with van der Waals surface area (Å²) in [6.45, 7) is 1.25. The molecule has 21 heavy (non-hydrogen) atoms. The first-order valence-electron chi connectivity index (χ1n) is 5.96. The lowest BCUT2D eigenvalue weighted by Crippen LogP contribution is -2.21. The van der Waals surface area contributed by atoms with Crippen LogP contribution in [0.1, 0.15) is 0 Å². The number of halogens is 1. The van der Waals surface area contributed by atoms with Crippen LogP contribution in [0.5, 0.6) is 0 Å². The molecular weight excluding hydrogens is 409 g/mol. The number of benzene rings is 1. The van der Waals surface area contributed by atoms with Crippen molar-refractivity contribution >= 4 is 43.8 Å². The highest BCUT2D eigenvalue weighted by Crippen LogP contribution is 2.27. The van der Waals surface area contributed by atoms with Crippen molar-refractivity contribution in [1.29, 1.82) is 0 Å². The van der Waals surface area contributed by atoms with Crippen molar-refractivity contribution in [2.45, 2.75) is 4.90 Å². The summed E-state index contributed by atoms with van der Waals surface area (Å²) in [5, 5.41) is 13.9. The van der Waals surface area contributed by atoms with Crippen molar-refractivity contribution in [3.8, 4) is 0 Å². The van der Waals surface area contributed by atoms with Gasteiger partial charge in [0.15, 0.2) is 9.84 Å². The van der Waals surface area contributed by atoms with E-state index in [0.717, 1.165) is 12.3 Å². The summed E-state index contributed by atoms with van der Waals surface area (Å²) in [6.07, 6.45) is 1.02. The first kappa shape index (κ1) is 20.1. The van der Waals surface area contributed by atoms with Gasteiger partial charge in [0.05, 0.1) is 9.82 Å². The Balaban J connectivity index is 0.00000191. The van der Waals surface area contributed by atoms with Crippen LogP contribution >= 0.6 is 22.6 Å². The van der Waals surface area contributed by atoms with Gasteiger partial charge in [-0.2, -0.15) is 0 Å². The highest BCUT2D eigenvalue weighted by Gasteiger charge is 2.18. The summed E-state index contributed by atoms with van der Waals surface area (Å²) in [4.78, 5) is 14.2. The number of nitro benzene ring substituents is 1. The molecule has 0 amide bonds. The van der Waals surface area contributed by atoms with Crippen LogP contribution in [0.2, 0.25) is 0 Å². The molecule has 7 nitrogen and oxygen atoms in total. The molecule has 1 aromatic carbocycles. The van der Waals surface area contributed by atoms with E-state index < -0.39 is 14.8 Å². The number of alkyl halides is 1. The zero-order valence-electron chi connectivity index (χ0n) is 12.5. The number of nitro groups is 1. The Labute approximate surface area is 138 Å². The van der Waals surface area contributed by atoms with Crippen molar-refractivity contribution < 1.29 is 13.3 Å². The molecule has 0 aliphatic rings. The van der Waals surface area contributed by atoms with Gasteiger partial charge in [0.1, 0.15) is 5.69 Å². The molecule has 1 aromatic rings. The van der Waals surface area contributed by atoms with Gasteiger partial charge in [0, 0.05) is 25.4 Å². The molecule has 1 rings (SSSR count). The summed E-state index contributed by atoms with van der Waals surface area (Å²) in [7, 11) is 0.333. The lowest BCUT2D eigenvalue weighted by molar-refractivity contribution is -0.384. The summed E-state index contributed by atoms with van der Waals surface area (Å²) in [5.41, 5.74) is 0.0842. The number of hydrogen-bond donors (Lipinski definition) is 1. The molecule has 0 radical (unpaired) electrons. The second-order valence-electron chi connectivity index (χ2n) is 4.44. The summed E-state index contributed by atoms with van der Waals surface area (Å²) < 4.78 is 22.7. The van der Waals surface area contributed by atoms with E-state index in [1.807, 2.05) is 23.9 Å². The van der Waals surface area contributed by atoms with E-state index in [1.165, 1.54) is 12.1 Å². The van der Waals surface area contributed by atoms with Crippen molar-refractivity contribution in [2.75, 3.05) is 43.7 Å².